The van der Waals surface area contributed by atoms with Crippen molar-refractivity contribution in [1.82, 2.24) is 29.6 Å². The van der Waals surface area contributed by atoms with Crippen LogP contribution in [0.4, 0.5) is 0 Å². The number of rotatable bonds is 4. The fourth-order valence-electron chi connectivity index (χ4n) is 3.97. The van der Waals surface area contributed by atoms with Crippen LogP contribution in [0.1, 0.15) is 12.1 Å². The van der Waals surface area contributed by atoms with Crippen molar-refractivity contribution in [3.63, 3.8) is 0 Å². The first-order valence-corrected chi connectivity index (χ1v) is 10.6. The Morgan fingerprint density at radius 2 is 1.70 bits per heavy atom. The lowest BCUT2D eigenvalue weighted by Crippen LogP contribution is -2.28. The Balaban J connectivity index is 1.62. The fraction of sp³-hybridized carbons (Fsp3) is 0.261. The highest BCUT2D eigenvalue weighted by Crippen LogP contribution is 2.29. The van der Waals surface area contributed by atoms with Crippen molar-refractivity contribution in [2.75, 3.05) is 26.2 Å². The number of aromatic nitrogens is 4. The second kappa shape index (κ2) is 8.52. The topological polar surface area (TPSA) is 58.4 Å². The molecule has 152 valence electrons. The molecule has 0 saturated carbocycles. The summed E-state index contributed by atoms with van der Waals surface area (Å²) in [4.78, 5) is 15.8. The number of imidazole rings is 1. The minimum absolute atomic E-state index is 0.731. The Hall–Kier alpha value is -2.80. The maximum absolute atomic E-state index is 6.13. The largest absolute Gasteiger partial charge is 0.315 e. The lowest BCUT2D eigenvalue weighted by molar-refractivity contribution is 0.281. The summed E-state index contributed by atoms with van der Waals surface area (Å²) in [5.74, 6) is 0. The van der Waals surface area contributed by atoms with E-state index in [0.29, 0.717) is 0 Å². The Labute approximate surface area is 180 Å². The van der Waals surface area contributed by atoms with E-state index >= 15 is 0 Å². The van der Waals surface area contributed by atoms with Crippen molar-refractivity contribution >= 4 is 17.2 Å². The molecular formula is C23H23ClN6. The van der Waals surface area contributed by atoms with E-state index in [9.17, 15) is 0 Å². The van der Waals surface area contributed by atoms with E-state index in [-0.39, 0.29) is 0 Å². The van der Waals surface area contributed by atoms with Gasteiger partial charge < -0.3 is 9.72 Å². The zero-order chi connectivity index (χ0) is 20.3. The molecule has 3 aromatic heterocycles. The van der Waals surface area contributed by atoms with Gasteiger partial charge >= 0.3 is 0 Å². The third-order valence-corrected chi connectivity index (χ3v) is 5.79. The van der Waals surface area contributed by atoms with Crippen molar-refractivity contribution in [2.24, 2.45) is 0 Å². The van der Waals surface area contributed by atoms with Crippen molar-refractivity contribution in [3.8, 4) is 22.4 Å². The standard InChI is InChI=1S/C23H23ClN6/c24-20-5-2-17(3-6-20)23-21(15-29-10-1-8-25-9-11-29)30-14-18(4-7-22(30)28-23)19-12-26-16-27-13-19/h2-7,12-14,16,25H,1,8-11,15H2. The number of hydrogen-bond donors (Lipinski definition) is 1. The van der Waals surface area contributed by atoms with Crippen LogP contribution in [0.2, 0.25) is 5.02 Å². The number of benzene rings is 1. The molecule has 0 radical (unpaired) electrons. The monoisotopic (exact) mass is 418 g/mol. The third-order valence-electron chi connectivity index (χ3n) is 5.54. The highest BCUT2D eigenvalue weighted by molar-refractivity contribution is 6.30. The molecule has 0 unspecified atom stereocenters. The van der Waals surface area contributed by atoms with Gasteiger partial charge in [0.15, 0.2) is 0 Å². The predicted octanol–water partition coefficient (Wildman–Crippen LogP) is 3.91. The zero-order valence-electron chi connectivity index (χ0n) is 16.6. The van der Waals surface area contributed by atoms with Gasteiger partial charge in [0.1, 0.15) is 12.0 Å². The summed E-state index contributed by atoms with van der Waals surface area (Å²) in [5.41, 5.74) is 6.27. The van der Waals surface area contributed by atoms with Crippen molar-refractivity contribution in [3.05, 3.63) is 72.0 Å². The van der Waals surface area contributed by atoms with E-state index in [1.807, 2.05) is 36.7 Å². The van der Waals surface area contributed by atoms with Gasteiger partial charge in [0.2, 0.25) is 0 Å². The van der Waals surface area contributed by atoms with Crippen LogP contribution in [0.15, 0.2) is 61.3 Å². The van der Waals surface area contributed by atoms with Gasteiger partial charge in [0, 0.05) is 59.9 Å². The summed E-state index contributed by atoms with van der Waals surface area (Å²) in [6.07, 6.45) is 8.53. The van der Waals surface area contributed by atoms with Crippen LogP contribution in [0.25, 0.3) is 28.0 Å². The fourth-order valence-corrected chi connectivity index (χ4v) is 4.10. The quantitative estimate of drug-likeness (QED) is 0.544. The van der Waals surface area contributed by atoms with Crippen molar-refractivity contribution in [2.45, 2.75) is 13.0 Å². The van der Waals surface area contributed by atoms with Crippen LogP contribution in [0, 0.1) is 0 Å². The second-order valence-corrected chi connectivity index (χ2v) is 8.00. The summed E-state index contributed by atoms with van der Waals surface area (Å²) < 4.78 is 2.21. The van der Waals surface area contributed by atoms with Crippen LogP contribution in [0.5, 0.6) is 0 Å². The molecule has 1 fully saturated rings. The second-order valence-electron chi connectivity index (χ2n) is 7.57. The lowest BCUT2D eigenvalue weighted by Gasteiger charge is -2.20. The molecule has 6 nitrogen and oxygen atoms in total. The summed E-state index contributed by atoms with van der Waals surface area (Å²) in [6.45, 7) is 5.03. The molecule has 0 amide bonds. The van der Waals surface area contributed by atoms with E-state index in [1.54, 1.807) is 6.33 Å². The number of nitrogens with zero attached hydrogens (tertiary/aromatic N) is 5. The molecule has 1 N–H and O–H groups in total. The van der Waals surface area contributed by atoms with Gasteiger partial charge in [-0.1, -0.05) is 23.7 Å². The van der Waals surface area contributed by atoms with Crippen LogP contribution in [0.3, 0.4) is 0 Å². The number of pyridine rings is 1. The van der Waals surface area contributed by atoms with Gasteiger partial charge in [-0.25, -0.2) is 15.0 Å². The maximum atomic E-state index is 6.13. The van der Waals surface area contributed by atoms with Gasteiger partial charge in [0.25, 0.3) is 0 Å². The number of halogens is 1. The molecule has 0 atom stereocenters. The summed E-state index contributed by atoms with van der Waals surface area (Å²) >= 11 is 6.13. The Morgan fingerprint density at radius 3 is 2.53 bits per heavy atom. The van der Waals surface area contributed by atoms with Crippen LogP contribution < -0.4 is 5.32 Å². The molecule has 0 spiro atoms. The molecule has 1 saturated heterocycles. The molecule has 1 aliphatic heterocycles. The summed E-state index contributed by atoms with van der Waals surface area (Å²) in [7, 11) is 0. The van der Waals surface area contributed by atoms with Gasteiger partial charge in [-0.2, -0.15) is 0 Å². The highest BCUT2D eigenvalue weighted by Gasteiger charge is 2.18. The minimum atomic E-state index is 0.731. The Morgan fingerprint density at radius 1 is 0.900 bits per heavy atom. The van der Waals surface area contributed by atoms with Crippen LogP contribution in [-0.4, -0.2) is 50.4 Å². The SMILES string of the molecule is Clc1ccc(-c2nc3ccc(-c4cncnc4)cn3c2CN2CCCNCC2)cc1. The van der Waals surface area contributed by atoms with E-state index in [0.717, 1.165) is 72.2 Å². The minimum Gasteiger partial charge on any atom is -0.315 e. The van der Waals surface area contributed by atoms with Crippen LogP contribution >= 0.6 is 11.6 Å². The Bertz CT molecular complexity index is 1130. The number of fused-ring (bicyclic) bond motifs is 1. The van der Waals surface area contributed by atoms with Gasteiger partial charge in [-0.3, -0.25) is 4.90 Å². The first-order chi connectivity index (χ1) is 14.8. The average molecular weight is 419 g/mol. The number of hydrogen-bond acceptors (Lipinski definition) is 5. The van der Waals surface area contributed by atoms with Crippen LogP contribution in [-0.2, 0) is 6.54 Å². The van der Waals surface area contributed by atoms with E-state index in [1.165, 1.54) is 5.69 Å². The van der Waals surface area contributed by atoms with Gasteiger partial charge in [-0.15, -0.1) is 0 Å². The molecule has 1 aliphatic rings. The summed E-state index contributed by atoms with van der Waals surface area (Å²) in [5, 5.41) is 4.22. The van der Waals surface area contributed by atoms with Gasteiger partial charge in [-0.05, 0) is 43.8 Å². The van der Waals surface area contributed by atoms with Crippen molar-refractivity contribution < 1.29 is 0 Å². The smallest absolute Gasteiger partial charge is 0.137 e. The van der Waals surface area contributed by atoms with Gasteiger partial charge in [0.05, 0.1) is 11.4 Å². The molecule has 7 heteroatoms. The third kappa shape index (κ3) is 3.94. The molecule has 0 aliphatic carbocycles. The first-order valence-electron chi connectivity index (χ1n) is 10.2. The van der Waals surface area contributed by atoms with E-state index in [2.05, 4.69) is 42.9 Å². The zero-order valence-corrected chi connectivity index (χ0v) is 17.4. The normalized spacial score (nSPS) is 15.4. The molecular weight excluding hydrogens is 396 g/mol. The lowest BCUT2D eigenvalue weighted by atomic mass is 10.1. The molecule has 0 bridgehead atoms. The summed E-state index contributed by atoms with van der Waals surface area (Å²) in [6, 6.07) is 12.1. The highest BCUT2D eigenvalue weighted by atomic mass is 35.5. The average Bonchev–Trinajstić information content (AvgIpc) is 2.95. The maximum Gasteiger partial charge on any atom is 0.137 e. The molecule has 4 aromatic rings. The first kappa shape index (κ1) is 19.2. The molecule has 4 heterocycles. The molecule has 5 rings (SSSR count). The molecule has 1 aromatic carbocycles. The number of nitrogens with one attached hydrogen (secondary N) is 1. The van der Waals surface area contributed by atoms with E-state index < -0.39 is 0 Å². The predicted molar refractivity (Wildman–Crippen MR) is 119 cm³/mol. The van der Waals surface area contributed by atoms with E-state index in [4.69, 9.17) is 16.6 Å². The molecule has 30 heavy (non-hydrogen) atoms. The Kier molecular flexibility index (Phi) is 5.45. The van der Waals surface area contributed by atoms with Crippen molar-refractivity contribution in [1.29, 1.82) is 0 Å².